The third-order valence-corrected chi connectivity index (χ3v) is 5.00. The molecule has 0 spiro atoms. The van der Waals surface area contributed by atoms with Crippen LogP contribution in [0.15, 0.2) is 42.7 Å². The number of methoxy groups -OCH3 is 1. The van der Waals surface area contributed by atoms with E-state index >= 15 is 0 Å². The highest BCUT2D eigenvalue weighted by Crippen LogP contribution is 2.32. The van der Waals surface area contributed by atoms with Crippen LogP contribution in [-0.2, 0) is 6.54 Å². The lowest BCUT2D eigenvalue weighted by Gasteiger charge is -2.11. The molecule has 0 saturated carbocycles. The number of rotatable bonds is 6. The van der Waals surface area contributed by atoms with E-state index in [4.69, 9.17) is 4.74 Å². The molecular weight excluding hydrogens is 406 g/mol. The van der Waals surface area contributed by atoms with Crippen LogP contribution in [0, 0.1) is 6.92 Å². The van der Waals surface area contributed by atoms with Crippen LogP contribution in [0.3, 0.4) is 0 Å². The van der Waals surface area contributed by atoms with E-state index in [1.165, 1.54) is 19.4 Å². The maximum atomic E-state index is 13.8. The largest absolute Gasteiger partial charge is 0.496 e. The summed E-state index contributed by atoms with van der Waals surface area (Å²) in [6.07, 6.45) is -0.0460. The van der Waals surface area contributed by atoms with Gasteiger partial charge in [0.2, 0.25) is 0 Å². The monoisotopic (exact) mass is 426 g/mol. The minimum atomic E-state index is -2.82. The number of alkyl halides is 2. The number of nitrogens with one attached hydrogen (secondary N) is 1. The number of carbonyl (C=O) groups excluding carboxylic acids is 1. The molecule has 8 nitrogen and oxygen atoms in total. The number of ether oxygens (including phenoxy) is 1. The van der Waals surface area contributed by atoms with Crippen LogP contribution in [0.2, 0.25) is 0 Å². The third-order valence-electron chi connectivity index (χ3n) is 5.00. The van der Waals surface area contributed by atoms with E-state index in [1.807, 2.05) is 13.8 Å². The van der Waals surface area contributed by atoms with Crippen LogP contribution in [0.1, 0.15) is 35.1 Å². The van der Waals surface area contributed by atoms with E-state index in [9.17, 15) is 13.6 Å². The lowest BCUT2D eigenvalue weighted by atomic mass is 10.1. The zero-order valence-corrected chi connectivity index (χ0v) is 17.1. The number of hydrogen-bond donors (Lipinski definition) is 1. The maximum Gasteiger partial charge on any atom is 0.280 e. The first kappa shape index (κ1) is 20.5. The predicted octanol–water partition coefficient (Wildman–Crippen LogP) is 4.12. The highest BCUT2D eigenvalue weighted by Gasteiger charge is 2.23. The summed E-state index contributed by atoms with van der Waals surface area (Å²) in [6.45, 7) is 4.42. The summed E-state index contributed by atoms with van der Waals surface area (Å²) in [4.78, 5) is 17.4. The van der Waals surface area contributed by atoms with Crippen molar-refractivity contribution < 1.29 is 18.3 Å². The number of para-hydroxylation sites is 1. The standard InChI is InChI=1S/C21H20F2N6O2/c1-4-28-12(2)16(11-24-28)27-21(30)14-10-25-29-17(19(22)23)9-15(26-20(14)29)13-7-5-6-8-18(13)31-3/h5-11,19H,4H2,1-3H3,(H,27,30). The van der Waals surface area contributed by atoms with E-state index < -0.39 is 12.3 Å². The number of amides is 1. The highest BCUT2D eigenvalue weighted by molar-refractivity contribution is 6.08. The van der Waals surface area contributed by atoms with Crippen molar-refractivity contribution in [3.8, 4) is 17.0 Å². The predicted molar refractivity (Wildman–Crippen MR) is 111 cm³/mol. The molecule has 4 aromatic rings. The summed E-state index contributed by atoms with van der Waals surface area (Å²) in [5.41, 5.74) is 1.82. The lowest BCUT2D eigenvalue weighted by molar-refractivity contribution is 0.102. The molecule has 4 rings (SSSR count). The van der Waals surface area contributed by atoms with E-state index in [-0.39, 0.29) is 22.6 Å². The molecule has 0 atom stereocenters. The van der Waals surface area contributed by atoms with Gasteiger partial charge in [0, 0.05) is 12.1 Å². The van der Waals surface area contributed by atoms with Crippen LogP contribution < -0.4 is 10.1 Å². The summed E-state index contributed by atoms with van der Waals surface area (Å²) in [5, 5.41) is 10.9. The molecule has 0 aliphatic carbocycles. The molecule has 0 saturated heterocycles. The van der Waals surface area contributed by atoms with Gasteiger partial charge in [0.05, 0.1) is 36.6 Å². The zero-order chi connectivity index (χ0) is 22.1. The number of fused-ring (bicyclic) bond motifs is 1. The number of aromatic nitrogens is 5. The smallest absolute Gasteiger partial charge is 0.280 e. The molecule has 160 valence electrons. The van der Waals surface area contributed by atoms with Gasteiger partial charge in [-0.25, -0.2) is 18.3 Å². The van der Waals surface area contributed by atoms with Crippen LogP contribution in [0.5, 0.6) is 5.75 Å². The van der Waals surface area contributed by atoms with Gasteiger partial charge in [0.25, 0.3) is 12.3 Å². The highest BCUT2D eigenvalue weighted by atomic mass is 19.3. The topological polar surface area (TPSA) is 86.3 Å². The summed E-state index contributed by atoms with van der Waals surface area (Å²) in [5.74, 6) is -0.0358. The molecule has 0 aliphatic heterocycles. The SMILES string of the molecule is CCn1ncc(NC(=O)c2cnn3c(C(F)F)cc(-c4ccccc4OC)nc23)c1C. The van der Waals surface area contributed by atoms with Gasteiger partial charge in [-0.2, -0.15) is 10.2 Å². The molecule has 1 amide bonds. The molecule has 31 heavy (non-hydrogen) atoms. The molecule has 1 N–H and O–H groups in total. The Morgan fingerprint density at radius 3 is 2.68 bits per heavy atom. The zero-order valence-electron chi connectivity index (χ0n) is 17.1. The quantitative estimate of drug-likeness (QED) is 0.501. The van der Waals surface area contributed by atoms with Gasteiger partial charge < -0.3 is 10.1 Å². The average Bonchev–Trinajstić information content (AvgIpc) is 3.36. The number of carbonyl (C=O) groups is 1. The van der Waals surface area contributed by atoms with Crippen molar-refractivity contribution in [3.05, 3.63) is 59.7 Å². The van der Waals surface area contributed by atoms with Crippen LogP contribution >= 0.6 is 0 Å². The van der Waals surface area contributed by atoms with E-state index in [0.29, 0.717) is 23.5 Å². The second-order valence-corrected chi connectivity index (χ2v) is 6.77. The van der Waals surface area contributed by atoms with Gasteiger partial charge >= 0.3 is 0 Å². The number of halogens is 2. The fraction of sp³-hybridized carbons (Fsp3) is 0.238. The van der Waals surface area contributed by atoms with E-state index in [2.05, 4.69) is 20.5 Å². The van der Waals surface area contributed by atoms with Crippen molar-refractivity contribution in [2.75, 3.05) is 12.4 Å². The Bertz CT molecular complexity index is 1260. The lowest BCUT2D eigenvalue weighted by Crippen LogP contribution is -2.13. The summed E-state index contributed by atoms with van der Waals surface area (Å²) >= 11 is 0. The molecule has 0 fully saturated rings. The fourth-order valence-corrected chi connectivity index (χ4v) is 3.37. The van der Waals surface area contributed by atoms with Crippen LogP contribution in [-0.4, -0.2) is 37.4 Å². The number of hydrogen-bond acceptors (Lipinski definition) is 5. The first-order valence-corrected chi connectivity index (χ1v) is 9.58. The first-order chi connectivity index (χ1) is 14.9. The molecule has 3 aromatic heterocycles. The van der Waals surface area contributed by atoms with Gasteiger partial charge in [-0.1, -0.05) is 12.1 Å². The van der Waals surface area contributed by atoms with Gasteiger partial charge in [-0.3, -0.25) is 9.48 Å². The first-order valence-electron chi connectivity index (χ1n) is 9.58. The van der Waals surface area contributed by atoms with Crippen molar-refractivity contribution in [1.29, 1.82) is 0 Å². The minimum Gasteiger partial charge on any atom is -0.496 e. The second-order valence-electron chi connectivity index (χ2n) is 6.77. The Morgan fingerprint density at radius 1 is 1.23 bits per heavy atom. The van der Waals surface area contributed by atoms with Crippen molar-refractivity contribution in [2.24, 2.45) is 0 Å². The Kier molecular flexibility index (Phi) is 5.37. The van der Waals surface area contributed by atoms with Crippen molar-refractivity contribution in [3.63, 3.8) is 0 Å². The van der Waals surface area contributed by atoms with Gasteiger partial charge in [-0.05, 0) is 32.0 Å². The number of aryl methyl sites for hydroxylation is 1. The average molecular weight is 426 g/mol. The number of anilines is 1. The van der Waals surface area contributed by atoms with Gasteiger partial charge in [0.15, 0.2) is 5.65 Å². The van der Waals surface area contributed by atoms with Crippen molar-refractivity contribution >= 4 is 17.2 Å². The molecular formula is C21H20F2N6O2. The summed E-state index contributed by atoms with van der Waals surface area (Å²) in [6, 6.07) is 8.20. The maximum absolute atomic E-state index is 13.8. The molecule has 10 heteroatoms. The summed E-state index contributed by atoms with van der Waals surface area (Å²) in [7, 11) is 1.49. The van der Waals surface area contributed by atoms with Crippen molar-refractivity contribution in [2.45, 2.75) is 26.8 Å². The number of benzene rings is 1. The van der Waals surface area contributed by atoms with Gasteiger partial charge in [0.1, 0.15) is 17.0 Å². The number of nitrogens with zero attached hydrogens (tertiary/aromatic N) is 5. The molecule has 0 radical (unpaired) electrons. The molecule has 0 unspecified atom stereocenters. The Labute approximate surface area is 176 Å². The second kappa shape index (κ2) is 8.13. The third kappa shape index (κ3) is 3.60. The molecule has 0 bridgehead atoms. The molecule has 1 aromatic carbocycles. The Hall–Kier alpha value is -3.82. The normalized spacial score (nSPS) is 11.3. The minimum absolute atomic E-state index is 0.0248. The Balaban J connectivity index is 1.82. The van der Waals surface area contributed by atoms with E-state index in [0.717, 1.165) is 10.2 Å². The van der Waals surface area contributed by atoms with Gasteiger partial charge in [-0.15, -0.1) is 0 Å². The summed E-state index contributed by atoms with van der Waals surface area (Å²) < 4.78 is 35.7. The molecule has 3 heterocycles. The van der Waals surface area contributed by atoms with E-state index in [1.54, 1.807) is 35.1 Å². The van der Waals surface area contributed by atoms with Crippen molar-refractivity contribution in [1.82, 2.24) is 24.4 Å². The molecule has 0 aliphatic rings. The Morgan fingerprint density at radius 2 is 2.00 bits per heavy atom. The van der Waals surface area contributed by atoms with Crippen LogP contribution in [0.4, 0.5) is 14.5 Å². The van der Waals surface area contributed by atoms with Crippen LogP contribution in [0.25, 0.3) is 16.9 Å². The fourth-order valence-electron chi connectivity index (χ4n) is 3.37.